The molecular weight excluding hydrogens is 287 g/mol. The number of halogens is 2. The number of nitrogens with one attached hydrogen (secondary N) is 1. The maximum atomic E-state index is 13.1. The zero-order valence-corrected chi connectivity index (χ0v) is 12.9. The maximum absolute atomic E-state index is 13.1. The molecule has 0 aliphatic heterocycles. The van der Waals surface area contributed by atoms with Gasteiger partial charge in [0.15, 0.2) is 0 Å². The summed E-state index contributed by atoms with van der Waals surface area (Å²) < 4.78 is 13.1. The molecule has 2 rings (SSSR count). The Morgan fingerprint density at radius 3 is 2.86 bits per heavy atom. The standard InChI is InChI=1S/C17H20ClFN2/c1-2-21-16(8-5-13-4-3-9-20-12-13)10-14-6-7-15(19)11-17(14)18/h3-4,6-7,9,11-12,16,21H,2,5,8,10H2,1H3. The molecule has 2 aromatic rings. The average Bonchev–Trinajstić information content (AvgIpc) is 2.49. The van der Waals surface area contributed by atoms with Crippen LogP contribution in [0.4, 0.5) is 4.39 Å². The number of hydrogen-bond acceptors (Lipinski definition) is 2. The van der Waals surface area contributed by atoms with Crippen LogP contribution in [0.2, 0.25) is 5.02 Å². The highest BCUT2D eigenvalue weighted by molar-refractivity contribution is 6.31. The largest absolute Gasteiger partial charge is 0.314 e. The van der Waals surface area contributed by atoms with E-state index in [0.29, 0.717) is 11.1 Å². The van der Waals surface area contributed by atoms with E-state index >= 15 is 0 Å². The van der Waals surface area contributed by atoms with Gasteiger partial charge in [-0.3, -0.25) is 4.98 Å². The van der Waals surface area contributed by atoms with Crippen LogP contribution >= 0.6 is 11.6 Å². The molecule has 4 heteroatoms. The van der Waals surface area contributed by atoms with E-state index < -0.39 is 0 Å². The van der Waals surface area contributed by atoms with Crippen molar-refractivity contribution < 1.29 is 4.39 Å². The summed E-state index contributed by atoms with van der Waals surface area (Å²) in [5, 5.41) is 3.97. The number of nitrogens with zero attached hydrogens (tertiary/aromatic N) is 1. The monoisotopic (exact) mass is 306 g/mol. The van der Waals surface area contributed by atoms with Gasteiger partial charge in [-0.25, -0.2) is 4.39 Å². The number of pyridine rings is 1. The fourth-order valence-electron chi connectivity index (χ4n) is 2.40. The van der Waals surface area contributed by atoms with Crippen LogP contribution in [0.5, 0.6) is 0 Å². The Morgan fingerprint density at radius 2 is 2.19 bits per heavy atom. The molecule has 0 aliphatic carbocycles. The topological polar surface area (TPSA) is 24.9 Å². The van der Waals surface area contributed by atoms with E-state index in [1.54, 1.807) is 12.3 Å². The smallest absolute Gasteiger partial charge is 0.124 e. The van der Waals surface area contributed by atoms with Gasteiger partial charge >= 0.3 is 0 Å². The summed E-state index contributed by atoms with van der Waals surface area (Å²) in [5.41, 5.74) is 2.21. The first kappa shape index (κ1) is 15.9. The second-order valence-electron chi connectivity index (χ2n) is 5.09. The van der Waals surface area contributed by atoms with Gasteiger partial charge in [0.2, 0.25) is 0 Å². The number of likely N-dealkylation sites (N-methyl/N-ethyl adjacent to an activating group) is 1. The number of hydrogen-bond donors (Lipinski definition) is 1. The lowest BCUT2D eigenvalue weighted by molar-refractivity contribution is 0.490. The summed E-state index contributed by atoms with van der Waals surface area (Å²) in [7, 11) is 0. The molecule has 0 aliphatic rings. The van der Waals surface area contributed by atoms with Crippen LogP contribution in [-0.4, -0.2) is 17.6 Å². The molecule has 0 spiro atoms. The Balaban J connectivity index is 1.98. The van der Waals surface area contributed by atoms with E-state index in [1.807, 2.05) is 12.3 Å². The van der Waals surface area contributed by atoms with Crippen molar-refractivity contribution in [1.29, 1.82) is 0 Å². The number of aromatic nitrogens is 1. The quantitative estimate of drug-likeness (QED) is 0.835. The highest BCUT2D eigenvalue weighted by atomic mass is 35.5. The number of aryl methyl sites for hydroxylation is 1. The van der Waals surface area contributed by atoms with Crippen LogP contribution in [0.3, 0.4) is 0 Å². The lowest BCUT2D eigenvalue weighted by Crippen LogP contribution is -2.31. The van der Waals surface area contributed by atoms with Gasteiger partial charge in [-0.2, -0.15) is 0 Å². The molecule has 1 atom stereocenters. The van der Waals surface area contributed by atoms with Gasteiger partial charge in [-0.15, -0.1) is 0 Å². The van der Waals surface area contributed by atoms with Crippen molar-refractivity contribution in [2.24, 2.45) is 0 Å². The molecular formula is C17H20ClFN2. The summed E-state index contributed by atoms with van der Waals surface area (Å²) in [5.74, 6) is -0.292. The molecule has 112 valence electrons. The van der Waals surface area contributed by atoms with E-state index in [2.05, 4.69) is 23.3 Å². The van der Waals surface area contributed by atoms with E-state index in [-0.39, 0.29) is 5.82 Å². The van der Waals surface area contributed by atoms with Gasteiger partial charge in [0.05, 0.1) is 0 Å². The number of rotatable bonds is 7. The van der Waals surface area contributed by atoms with Gasteiger partial charge in [-0.1, -0.05) is 30.7 Å². The van der Waals surface area contributed by atoms with Crippen molar-refractivity contribution in [3.8, 4) is 0 Å². The average molecular weight is 307 g/mol. The molecule has 2 nitrogen and oxygen atoms in total. The minimum atomic E-state index is -0.292. The lowest BCUT2D eigenvalue weighted by Gasteiger charge is -2.18. The van der Waals surface area contributed by atoms with Crippen LogP contribution in [0.25, 0.3) is 0 Å². The fourth-order valence-corrected chi connectivity index (χ4v) is 2.65. The maximum Gasteiger partial charge on any atom is 0.124 e. The number of benzene rings is 1. The second-order valence-corrected chi connectivity index (χ2v) is 5.50. The van der Waals surface area contributed by atoms with Gasteiger partial charge in [0.1, 0.15) is 5.82 Å². The third-order valence-electron chi connectivity index (χ3n) is 3.48. The Hall–Kier alpha value is -1.45. The summed E-state index contributed by atoms with van der Waals surface area (Å²) in [4.78, 5) is 4.13. The van der Waals surface area contributed by atoms with Crippen LogP contribution in [0.15, 0.2) is 42.7 Å². The first-order valence-electron chi connectivity index (χ1n) is 7.25. The van der Waals surface area contributed by atoms with Crippen LogP contribution in [0.1, 0.15) is 24.5 Å². The van der Waals surface area contributed by atoms with Gasteiger partial charge in [0, 0.05) is 23.5 Å². The van der Waals surface area contributed by atoms with Crippen LogP contribution in [-0.2, 0) is 12.8 Å². The molecule has 0 amide bonds. The Kier molecular flexibility index (Phi) is 6.15. The van der Waals surface area contributed by atoms with E-state index in [9.17, 15) is 4.39 Å². The Bertz CT molecular complexity index is 560. The molecule has 0 bridgehead atoms. The second kappa shape index (κ2) is 8.11. The van der Waals surface area contributed by atoms with E-state index in [4.69, 9.17) is 11.6 Å². The molecule has 21 heavy (non-hydrogen) atoms. The van der Waals surface area contributed by atoms with Gasteiger partial charge in [0.25, 0.3) is 0 Å². The zero-order chi connectivity index (χ0) is 15.1. The van der Waals surface area contributed by atoms with Crippen LogP contribution < -0.4 is 5.32 Å². The fraction of sp³-hybridized carbons (Fsp3) is 0.353. The zero-order valence-electron chi connectivity index (χ0n) is 12.2. The predicted molar refractivity (Wildman–Crippen MR) is 85.1 cm³/mol. The SMILES string of the molecule is CCNC(CCc1cccnc1)Cc1ccc(F)cc1Cl. The lowest BCUT2D eigenvalue weighted by atomic mass is 9.99. The molecule has 0 saturated carbocycles. The minimum Gasteiger partial charge on any atom is -0.314 e. The Morgan fingerprint density at radius 1 is 1.33 bits per heavy atom. The molecule has 1 aromatic heterocycles. The summed E-state index contributed by atoms with van der Waals surface area (Å²) in [6, 6.07) is 8.96. The van der Waals surface area contributed by atoms with E-state index in [0.717, 1.165) is 31.4 Å². The molecule has 0 fully saturated rings. The first-order valence-corrected chi connectivity index (χ1v) is 7.63. The summed E-state index contributed by atoms with van der Waals surface area (Å²) in [6.07, 6.45) is 6.43. The normalized spacial score (nSPS) is 12.3. The third kappa shape index (κ3) is 5.10. The molecule has 1 N–H and O–H groups in total. The van der Waals surface area contributed by atoms with Crippen molar-refractivity contribution in [2.45, 2.75) is 32.2 Å². The van der Waals surface area contributed by atoms with Crippen molar-refractivity contribution in [2.75, 3.05) is 6.54 Å². The molecule has 0 radical (unpaired) electrons. The highest BCUT2D eigenvalue weighted by Crippen LogP contribution is 2.20. The summed E-state index contributed by atoms with van der Waals surface area (Å²) >= 11 is 6.11. The molecule has 1 heterocycles. The van der Waals surface area contributed by atoms with Gasteiger partial charge < -0.3 is 5.32 Å². The molecule has 1 unspecified atom stereocenters. The van der Waals surface area contributed by atoms with Crippen molar-refractivity contribution >= 4 is 11.6 Å². The molecule has 0 saturated heterocycles. The predicted octanol–water partition coefficient (Wildman–Crippen LogP) is 4.03. The summed E-state index contributed by atoms with van der Waals surface area (Å²) in [6.45, 7) is 2.99. The minimum absolute atomic E-state index is 0.292. The van der Waals surface area contributed by atoms with Crippen molar-refractivity contribution in [1.82, 2.24) is 10.3 Å². The third-order valence-corrected chi connectivity index (χ3v) is 3.83. The molecule has 1 aromatic carbocycles. The van der Waals surface area contributed by atoms with Crippen molar-refractivity contribution in [3.05, 3.63) is 64.7 Å². The Labute approximate surface area is 130 Å². The van der Waals surface area contributed by atoms with Gasteiger partial charge in [-0.05, 0) is 55.1 Å². The van der Waals surface area contributed by atoms with Crippen molar-refractivity contribution in [3.63, 3.8) is 0 Å². The van der Waals surface area contributed by atoms with Crippen LogP contribution in [0, 0.1) is 5.82 Å². The first-order chi connectivity index (χ1) is 10.2. The van der Waals surface area contributed by atoms with E-state index in [1.165, 1.54) is 17.7 Å². The highest BCUT2D eigenvalue weighted by Gasteiger charge is 2.11.